The lowest BCUT2D eigenvalue weighted by molar-refractivity contribution is -0.138. The van der Waals surface area contributed by atoms with E-state index in [-0.39, 0.29) is 30.4 Å². The third kappa shape index (κ3) is 6.58. The van der Waals surface area contributed by atoms with Crippen LogP contribution in [0.3, 0.4) is 0 Å². The fraction of sp³-hybridized carbons (Fsp3) is 0.636. The molecule has 0 radical (unpaired) electrons. The van der Waals surface area contributed by atoms with Crippen molar-refractivity contribution in [1.82, 2.24) is 34.0 Å². The standard InChI is InChI=1S/C22H32F3N7O2S/c1-28(2)7-8-29-9-11-30(12-10-29)20-16-32(35(33,34)17-20)15-19-14-31(27-26-19)13-18-5-3-4-6-21(18)22(23,24)25/h3-6,14,20H,7-13,15-17H2,1-2H3. The van der Waals surface area contributed by atoms with Crippen LogP contribution in [0.15, 0.2) is 30.5 Å². The highest BCUT2D eigenvalue weighted by Crippen LogP contribution is 2.32. The van der Waals surface area contributed by atoms with Gasteiger partial charge in [0.15, 0.2) is 0 Å². The van der Waals surface area contributed by atoms with Crippen molar-refractivity contribution in [3.05, 3.63) is 47.3 Å². The molecule has 4 rings (SSSR count). The van der Waals surface area contributed by atoms with Crippen molar-refractivity contribution in [2.45, 2.75) is 25.3 Å². The molecule has 0 amide bonds. The predicted molar refractivity (Wildman–Crippen MR) is 125 cm³/mol. The molecule has 2 aliphatic rings. The van der Waals surface area contributed by atoms with E-state index in [2.05, 4.69) is 25.0 Å². The molecule has 2 fully saturated rings. The van der Waals surface area contributed by atoms with Gasteiger partial charge in [-0.15, -0.1) is 5.10 Å². The fourth-order valence-corrected chi connectivity index (χ4v) is 6.35. The van der Waals surface area contributed by atoms with Gasteiger partial charge in [-0.05, 0) is 25.7 Å². The lowest BCUT2D eigenvalue weighted by Gasteiger charge is -2.37. The molecule has 1 aromatic carbocycles. The van der Waals surface area contributed by atoms with Crippen LogP contribution in [0, 0.1) is 0 Å². The molecule has 1 atom stereocenters. The zero-order valence-electron chi connectivity index (χ0n) is 20.0. The van der Waals surface area contributed by atoms with Gasteiger partial charge in [-0.2, -0.15) is 17.5 Å². The summed E-state index contributed by atoms with van der Waals surface area (Å²) in [6.07, 6.45) is -2.95. The maximum Gasteiger partial charge on any atom is 0.416 e. The molecule has 1 aromatic heterocycles. The van der Waals surface area contributed by atoms with Gasteiger partial charge in [0.05, 0.1) is 36.3 Å². The number of nitrogens with zero attached hydrogens (tertiary/aromatic N) is 7. The van der Waals surface area contributed by atoms with Gasteiger partial charge >= 0.3 is 6.18 Å². The molecule has 2 aliphatic heterocycles. The Morgan fingerprint density at radius 1 is 1.09 bits per heavy atom. The highest BCUT2D eigenvalue weighted by atomic mass is 32.2. The Bertz CT molecular complexity index is 1100. The number of piperazine rings is 1. The molecule has 0 spiro atoms. The summed E-state index contributed by atoms with van der Waals surface area (Å²) < 4.78 is 68.2. The van der Waals surface area contributed by atoms with E-state index in [1.807, 2.05) is 14.1 Å². The number of benzene rings is 1. The van der Waals surface area contributed by atoms with Crippen molar-refractivity contribution < 1.29 is 21.6 Å². The largest absolute Gasteiger partial charge is 0.416 e. The quantitative estimate of drug-likeness (QED) is 0.520. The fourth-order valence-electron chi connectivity index (χ4n) is 4.61. The van der Waals surface area contributed by atoms with Crippen molar-refractivity contribution in [2.24, 2.45) is 0 Å². The summed E-state index contributed by atoms with van der Waals surface area (Å²) in [5, 5.41) is 7.95. The minimum atomic E-state index is -4.46. The first-order chi connectivity index (χ1) is 16.5. The summed E-state index contributed by atoms with van der Waals surface area (Å²) in [5.41, 5.74) is -0.230. The Balaban J connectivity index is 1.34. The summed E-state index contributed by atoms with van der Waals surface area (Å²) in [6.45, 7) is 5.82. The van der Waals surface area contributed by atoms with Crippen LogP contribution in [0.4, 0.5) is 13.2 Å². The van der Waals surface area contributed by atoms with Crippen LogP contribution in [0.2, 0.25) is 0 Å². The number of likely N-dealkylation sites (N-methyl/N-ethyl adjacent to an activating group) is 1. The summed E-state index contributed by atoms with van der Waals surface area (Å²) in [7, 11) is 0.651. The Hall–Kier alpha value is -2.06. The first kappa shape index (κ1) is 26.0. The van der Waals surface area contributed by atoms with Gasteiger partial charge in [0.25, 0.3) is 0 Å². The minimum Gasteiger partial charge on any atom is -0.308 e. The predicted octanol–water partition coefficient (Wildman–Crippen LogP) is 1.04. The molecule has 3 heterocycles. The lowest BCUT2D eigenvalue weighted by atomic mass is 10.1. The second-order valence-electron chi connectivity index (χ2n) is 9.47. The van der Waals surface area contributed by atoms with Crippen molar-refractivity contribution in [2.75, 3.05) is 65.7 Å². The Morgan fingerprint density at radius 3 is 2.49 bits per heavy atom. The van der Waals surface area contributed by atoms with Gasteiger partial charge in [0.1, 0.15) is 0 Å². The molecule has 2 saturated heterocycles. The van der Waals surface area contributed by atoms with E-state index >= 15 is 0 Å². The Kier molecular flexibility index (Phi) is 7.81. The van der Waals surface area contributed by atoms with Crippen molar-refractivity contribution in [1.29, 1.82) is 0 Å². The molecular formula is C22H32F3N7O2S. The minimum absolute atomic E-state index is 0.0581. The van der Waals surface area contributed by atoms with Gasteiger partial charge in [0.2, 0.25) is 10.0 Å². The van der Waals surface area contributed by atoms with Gasteiger partial charge in [-0.25, -0.2) is 13.1 Å². The lowest BCUT2D eigenvalue weighted by Crippen LogP contribution is -2.52. The monoisotopic (exact) mass is 515 g/mol. The molecule has 35 heavy (non-hydrogen) atoms. The average Bonchev–Trinajstić information content (AvgIpc) is 3.35. The highest BCUT2D eigenvalue weighted by molar-refractivity contribution is 7.89. The van der Waals surface area contributed by atoms with E-state index in [4.69, 9.17) is 0 Å². The zero-order chi connectivity index (χ0) is 25.2. The molecule has 0 N–H and O–H groups in total. The van der Waals surface area contributed by atoms with Crippen LogP contribution in [0.1, 0.15) is 16.8 Å². The number of aromatic nitrogens is 3. The first-order valence-corrected chi connectivity index (χ1v) is 13.3. The molecule has 0 bridgehead atoms. The van der Waals surface area contributed by atoms with Crippen molar-refractivity contribution in [3.8, 4) is 0 Å². The van der Waals surface area contributed by atoms with Crippen LogP contribution in [-0.2, 0) is 29.3 Å². The van der Waals surface area contributed by atoms with E-state index in [1.165, 1.54) is 27.3 Å². The van der Waals surface area contributed by atoms with E-state index in [0.717, 1.165) is 45.3 Å². The second-order valence-corrected chi connectivity index (χ2v) is 11.5. The highest BCUT2D eigenvalue weighted by Gasteiger charge is 2.40. The molecule has 1 unspecified atom stereocenters. The number of hydrogen-bond acceptors (Lipinski definition) is 7. The Morgan fingerprint density at radius 2 is 1.80 bits per heavy atom. The van der Waals surface area contributed by atoms with E-state index in [0.29, 0.717) is 12.2 Å². The van der Waals surface area contributed by atoms with Crippen LogP contribution in [0.5, 0.6) is 0 Å². The molecule has 13 heteroatoms. The molecular weight excluding hydrogens is 483 g/mol. The summed E-state index contributed by atoms with van der Waals surface area (Å²) in [4.78, 5) is 6.79. The molecule has 9 nitrogen and oxygen atoms in total. The van der Waals surface area contributed by atoms with E-state index in [1.54, 1.807) is 6.07 Å². The van der Waals surface area contributed by atoms with Gasteiger partial charge in [-0.1, -0.05) is 23.4 Å². The summed E-state index contributed by atoms with van der Waals surface area (Å²) >= 11 is 0. The maximum atomic E-state index is 13.3. The van der Waals surface area contributed by atoms with Gasteiger partial charge in [-0.3, -0.25) is 9.80 Å². The van der Waals surface area contributed by atoms with E-state index < -0.39 is 21.8 Å². The molecule has 194 valence electrons. The van der Waals surface area contributed by atoms with Crippen LogP contribution in [0.25, 0.3) is 0 Å². The maximum absolute atomic E-state index is 13.3. The zero-order valence-corrected chi connectivity index (χ0v) is 20.8. The third-order valence-electron chi connectivity index (χ3n) is 6.58. The van der Waals surface area contributed by atoms with Crippen LogP contribution < -0.4 is 0 Å². The van der Waals surface area contributed by atoms with Gasteiger partial charge < -0.3 is 4.90 Å². The Labute approximate surface area is 204 Å². The number of alkyl halides is 3. The molecule has 0 saturated carbocycles. The van der Waals surface area contributed by atoms with Crippen LogP contribution in [-0.4, -0.2) is 114 Å². The molecule has 0 aliphatic carbocycles. The average molecular weight is 516 g/mol. The number of sulfonamides is 1. The summed E-state index contributed by atoms with van der Waals surface area (Å²) in [6, 6.07) is 5.25. The normalized spacial score (nSPS) is 22.3. The number of halogens is 3. The van der Waals surface area contributed by atoms with Crippen molar-refractivity contribution >= 4 is 10.0 Å². The number of hydrogen-bond donors (Lipinski definition) is 0. The third-order valence-corrected chi connectivity index (χ3v) is 8.45. The first-order valence-electron chi connectivity index (χ1n) is 11.6. The van der Waals surface area contributed by atoms with Gasteiger partial charge in [0, 0.05) is 51.9 Å². The SMILES string of the molecule is CN(C)CCN1CCN(C2CN(Cc3cn(Cc4ccccc4C(F)(F)F)nn3)S(=O)(=O)C2)CC1. The smallest absolute Gasteiger partial charge is 0.308 e. The van der Waals surface area contributed by atoms with E-state index in [9.17, 15) is 21.6 Å². The second kappa shape index (κ2) is 10.5. The van der Waals surface area contributed by atoms with Crippen LogP contribution >= 0.6 is 0 Å². The van der Waals surface area contributed by atoms with Crippen molar-refractivity contribution in [3.63, 3.8) is 0 Å². The topological polar surface area (TPSA) is 77.8 Å². The number of rotatable bonds is 8. The summed E-state index contributed by atoms with van der Waals surface area (Å²) in [5.74, 6) is 0.0673. The molecule has 2 aromatic rings.